The number of non-ortho nitro benzene ring substituents is 1. The minimum Gasteiger partial charge on any atom is -0.343 e. The monoisotopic (exact) mass is 261 g/mol. The first kappa shape index (κ1) is 12.4. The van der Waals surface area contributed by atoms with Crippen molar-refractivity contribution in [1.82, 2.24) is 9.97 Å². The average Bonchev–Trinajstić information content (AvgIpc) is 2.35. The second-order valence-electron chi connectivity index (χ2n) is 3.94. The Balaban J connectivity index is 2.49. The average molecular weight is 261 g/mol. The van der Waals surface area contributed by atoms with Gasteiger partial charge in [-0.3, -0.25) is 10.1 Å². The minimum atomic E-state index is -0.431. The van der Waals surface area contributed by atoms with Gasteiger partial charge >= 0.3 is 0 Å². The van der Waals surface area contributed by atoms with Gasteiger partial charge in [0.15, 0.2) is 0 Å². The van der Waals surface area contributed by atoms with E-state index in [-0.39, 0.29) is 5.69 Å². The van der Waals surface area contributed by atoms with Crippen LogP contribution in [0, 0.1) is 28.6 Å². The van der Waals surface area contributed by atoms with Crippen LogP contribution in [0.4, 0.5) is 5.69 Å². The summed E-state index contributed by atoms with van der Waals surface area (Å²) in [5.41, 5.74) is 2.72. The van der Waals surface area contributed by atoms with Gasteiger partial charge in [0.1, 0.15) is 10.5 Å². The van der Waals surface area contributed by atoms with Gasteiger partial charge in [0.05, 0.1) is 4.92 Å². The Hall–Kier alpha value is -2.08. The van der Waals surface area contributed by atoms with Crippen LogP contribution in [0.5, 0.6) is 0 Å². The number of nitrogens with zero attached hydrogens (tertiary/aromatic N) is 2. The number of hydrogen-bond acceptors (Lipinski definition) is 4. The number of aromatic amines is 1. The van der Waals surface area contributed by atoms with Crippen molar-refractivity contribution >= 4 is 17.9 Å². The number of nitro groups is 1. The molecule has 2 rings (SSSR count). The molecule has 92 valence electrons. The summed E-state index contributed by atoms with van der Waals surface area (Å²) in [6.07, 6.45) is 0. The molecule has 6 heteroatoms. The molecular formula is C12H11N3O2S. The van der Waals surface area contributed by atoms with E-state index in [2.05, 4.69) is 9.97 Å². The van der Waals surface area contributed by atoms with E-state index in [1.165, 1.54) is 12.1 Å². The zero-order chi connectivity index (χ0) is 13.3. The first-order valence-electron chi connectivity index (χ1n) is 5.31. The zero-order valence-electron chi connectivity index (χ0n) is 9.93. The van der Waals surface area contributed by atoms with Crippen molar-refractivity contribution in [3.63, 3.8) is 0 Å². The lowest BCUT2D eigenvalue weighted by molar-refractivity contribution is -0.384. The van der Waals surface area contributed by atoms with Gasteiger partial charge in [0.25, 0.3) is 5.69 Å². The topological polar surface area (TPSA) is 71.8 Å². The maximum Gasteiger partial charge on any atom is 0.269 e. The molecule has 1 aromatic carbocycles. The van der Waals surface area contributed by atoms with E-state index in [9.17, 15) is 10.1 Å². The van der Waals surface area contributed by atoms with Crippen LogP contribution < -0.4 is 0 Å². The van der Waals surface area contributed by atoms with E-state index in [0.29, 0.717) is 10.5 Å². The number of nitro benzene ring substituents is 1. The van der Waals surface area contributed by atoms with Crippen molar-refractivity contribution in [3.05, 3.63) is 50.3 Å². The van der Waals surface area contributed by atoms with E-state index in [0.717, 1.165) is 16.8 Å². The summed E-state index contributed by atoms with van der Waals surface area (Å²) in [5, 5.41) is 10.6. The normalized spacial score (nSPS) is 10.3. The van der Waals surface area contributed by atoms with Gasteiger partial charge in [-0.05, 0) is 26.0 Å². The first-order valence-corrected chi connectivity index (χ1v) is 5.72. The Morgan fingerprint density at radius 3 is 2.39 bits per heavy atom. The van der Waals surface area contributed by atoms with E-state index in [1.807, 2.05) is 13.8 Å². The van der Waals surface area contributed by atoms with E-state index in [1.54, 1.807) is 12.1 Å². The van der Waals surface area contributed by atoms with Crippen molar-refractivity contribution in [3.8, 4) is 11.4 Å². The summed E-state index contributed by atoms with van der Waals surface area (Å²) >= 11 is 5.16. The van der Waals surface area contributed by atoms with Crippen LogP contribution in [-0.4, -0.2) is 14.9 Å². The Bertz CT molecular complexity index is 662. The summed E-state index contributed by atoms with van der Waals surface area (Å²) < 4.78 is 0.541. The van der Waals surface area contributed by atoms with Crippen LogP contribution in [0.15, 0.2) is 24.3 Å². The number of aryl methyl sites for hydroxylation is 1. The largest absolute Gasteiger partial charge is 0.343 e. The molecule has 0 aliphatic carbocycles. The SMILES string of the molecule is Cc1[nH]c(-c2ccc([N+](=O)[O-])cc2)nc(=S)c1C. The highest BCUT2D eigenvalue weighted by Crippen LogP contribution is 2.20. The number of benzene rings is 1. The predicted molar refractivity (Wildman–Crippen MR) is 71.0 cm³/mol. The molecule has 0 spiro atoms. The Labute approximate surface area is 109 Å². The Morgan fingerprint density at radius 2 is 1.89 bits per heavy atom. The highest BCUT2D eigenvalue weighted by molar-refractivity contribution is 7.71. The molecule has 0 atom stereocenters. The quantitative estimate of drug-likeness (QED) is 0.511. The fourth-order valence-corrected chi connectivity index (χ4v) is 1.77. The van der Waals surface area contributed by atoms with Gasteiger partial charge in [-0.15, -0.1) is 0 Å². The summed E-state index contributed by atoms with van der Waals surface area (Å²) in [7, 11) is 0. The molecule has 5 nitrogen and oxygen atoms in total. The Morgan fingerprint density at radius 1 is 1.28 bits per heavy atom. The summed E-state index contributed by atoms with van der Waals surface area (Å²) in [4.78, 5) is 17.5. The molecule has 2 aromatic rings. The van der Waals surface area contributed by atoms with Crippen LogP contribution in [-0.2, 0) is 0 Å². The number of nitrogens with one attached hydrogen (secondary N) is 1. The molecule has 0 fully saturated rings. The molecule has 0 unspecified atom stereocenters. The van der Waals surface area contributed by atoms with E-state index >= 15 is 0 Å². The molecule has 0 radical (unpaired) electrons. The molecule has 1 N–H and O–H groups in total. The van der Waals surface area contributed by atoms with Gasteiger partial charge in [0, 0.05) is 29.0 Å². The number of aromatic nitrogens is 2. The van der Waals surface area contributed by atoms with Gasteiger partial charge < -0.3 is 4.98 Å². The zero-order valence-corrected chi connectivity index (χ0v) is 10.7. The molecule has 1 aromatic heterocycles. The van der Waals surface area contributed by atoms with Gasteiger partial charge in [-0.25, -0.2) is 4.98 Å². The number of hydrogen-bond donors (Lipinski definition) is 1. The van der Waals surface area contributed by atoms with Crippen LogP contribution in [0.1, 0.15) is 11.3 Å². The second-order valence-corrected chi connectivity index (χ2v) is 4.33. The fourth-order valence-electron chi connectivity index (χ4n) is 1.52. The lowest BCUT2D eigenvalue weighted by atomic mass is 10.2. The lowest BCUT2D eigenvalue weighted by Gasteiger charge is -2.05. The lowest BCUT2D eigenvalue weighted by Crippen LogP contribution is -1.96. The highest BCUT2D eigenvalue weighted by atomic mass is 32.1. The molecule has 0 aliphatic rings. The smallest absolute Gasteiger partial charge is 0.269 e. The minimum absolute atomic E-state index is 0.0566. The molecular weight excluding hydrogens is 250 g/mol. The third-order valence-electron chi connectivity index (χ3n) is 2.75. The highest BCUT2D eigenvalue weighted by Gasteiger charge is 2.07. The van der Waals surface area contributed by atoms with E-state index < -0.39 is 4.92 Å². The molecule has 0 amide bonds. The summed E-state index contributed by atoms with van der Waals surface area (Å²) in [6, 6.07) is 6.20. The summed E-state index contributed by atoms with van der Waals surface area (Å²) in [5.74, 6) is 0.623. The van der Waals surface area contributed by atoms with Gasteiger partial charge in [-0.2, -0.15) is 0 Å². The van der Waals surface area contributed by atoms with Gasteiger partial charge in [0.2, 0.25) is 0 Å². The third-order valence-corrected chi connectivity index (χ3v) is 3.15. The van der Waals surface area contributed by atoms with Crippen molar-refractivity contribution in [2.24, 2.45) is 0 Å². The molecule has 0 aliphatic heterocycles. The van der Waals surface area contributed by atoms with Crippen LogP contribution >= 0.6 is 12.2 Å². The van der Waals surface area contributed by atoms with E-state index in [4.69, 9.17) is 12.2 Å². The van der Waals surface area contributed by atoms with Crippen LogP contribution in [0.3, 0.4) is 0 Å². The Kier molecular flexibility index (Phi) is 3.20. The first-order chi connectivity index (χ1) is 8.49. The summed E-state index contributed by atoms with van der Waals surface area (Å²) in [6.45, 7) is 3.82. The third kappa shape index (κ3) is 2.28. The van der Waals surface area contributed by atoms with Crippen LogP contribution in [0.2, 0.25) is 0 Å². The van der Waals surface area contributed by atoms with Gasteiger partial charge in [-0.1, -0.05) is 12.2 Å². The van der Waals surface area contributed by atoms with Crippen molar-refractivity contribution < 1.29 is 4.92 Å². The molecule has 18 heavy (non-hydrogen) atoms. The standard InChI is InChI=1S/C12H11N3O2S/c1-7-8(2)13-11(14-12(7)18)9-3-5-10(6-4-9)15(16)17/h3-6H,1-2H3,(H,13,14,18). The molecule has 1 heterocycles. The van der Waals surface area contributed by atoms with Crippen LogP contribution in [0.25, 0.3) is 11.4 Å². The number of rotatable bonds is 2. The molecule has 0 saturated carbocycles. The molecule has 0 bridgehead atoms. The predicted octanol–water partition coefficient (Wildman–Crippen LogP) is 3.33. The second kappa shape index (κ2) is 4.66. The fraction of sp³-hybridized carbons (Fsp3) is 0.167. The van der Waals surface area contributed by atoms with Crippen molar-refractivity contribution in [1.29, 1.82) is 0 Å². The van der Waals surface area contributed by atoms with Crippen molar-refractivity contribution in [2.75, 3.05) is 0 Å². The number of H-pyrrole nitrogens is 1. The maximum absolute atomic E-state index is 10.6. The maximum atomic E-state index is 10.6. The molecule has 0 saturated heterocycles. The van der Waals surface area contributed by atoms with Crippen molar-refractivity contribution in [2.45, 2.75) is 13.8 Å².